The first-order valence-corrected chi connectivity index (χ1v) is 8.24. The predicted octanol–water partition coefficient (Wildman–Crippen LogP) is 4.33. The molecule has 1 heterocycles. The van der Waals surface area contributed by atoms with Crippen LogP contribution in [0.1, 0.15) is 51.2 Å². The van der Waals surface area contributed by atoms with Crippen molar-refractivity contribution in [1.29, 1.82) is 0 Å². The van der Waals surface area contributed by atoms with E-state index in [-0.39, 0.29) is 6.10 Å². The van der Waals surface area contributed by atoms with Crippen LogP contribution in [0.5, 0.6) is 0 Å². The molecular formula is C19H26O4. The normalized spacial score (nSPS) is 23.9. The molecule has 1 aromatic rings. The second-order valence-corrected chi connectivity index (χ2v) is 6.45. The van der Waals surface area contributed by atoms with Crippen LogP contribution >= 0.6 is 0 Å². The van der Waals surface area contributed by atoms with Gasteiger partial charge in [0.25, 0.3) is 0 Å². The highest BCUT2D eigenvalue weighted by atomic mass is 16.7. The number of unbranched alkanes of at least 4 members (excludes halogenated alkanes) is 2. The molecule has 0 radical (unpaired) electrons. The van der Waals surface area contributed by atoms with Gasteiger partial charge in [0.1, 0.15) is 0 Å². The minimum absolute atomic E-state index is 0.0505. The third kappa shape index (κ3) is 5.81. The van der Waals surface area contributed by atoms with Crippen LogP contribution in [0.3, 0.4) is 0 Å². The molecule has 0 unspecified atom stereocenters. The Morgan fingerprint density at radius 2 is 2.04 bits per heavy atom. The van der Waals surface area contributed by atoms with E-state index in [0.717, 1.165) is 25.7 Å². The molecule has 126 valence electrons. The first-order chi connectivity index (χ1) is 11.0. The van der Waals surface area contributed by atoms with Gasteiger partial charge in [0, 0.05) is 12.0 Å². The quantitative estimate of drug-likeness (QED) is 0.600. The Labute approximate surface area is 138 Å². The first-order valence-electron chi connectivity index (χ1n) is 8.24. The summed E-state index contributed by atoms with van der Waals surface area (Å²) in [6.45, 7) is 4.60. The maximum atomic E-state index is 10.4. The summed E-state index contributed by atoms with van der Waals surface area (Å²) in [5.41, 5.74) is 1.19. The molecule has 2 atom stereocenters. The molecule has 23 heavy (non-hydrogen) atoms. The molecule has 1 aliphatic heterocycles. The van der Waals surface area contributed by atoms with E-state index in [1.54, 1.807) is 6.08 Å². The number of hydrogen-bond donors (Lipinski definition) is 1. The lowest BCUT2D eigenvalue weighted by molar-refractivity contribution is -0.296. The number of benzene rings is 1. The van der Waals surface area contributed by atoms with Crippen LogP contribution in [-0.4, -0.2) is 23.5 Å². The molecule has 1 saturated heterocycles. The minimum atomic E-state index is -0.884. The lowest BCUT2D eigenvalue weighted by atomic mass is 9.90. The van der Waals surface area contributed by atoms with Gasteiger partial charge in [0.15, 0.2) is 5.79 Å². The Kier molecular flexibility index (Phi) is 6.37. The van der Waals surface area contributed by atoms with Crippen LogP contribution in [0.4, 0.5) is 0 Å². The zero-order valence-electron chi connectivity index (χ0n) is 13.9. The molecule has 1 aliphatic rings. The highest BCUT2D eigenvalue weighted by Crippen LogP contribution is 2.38. The maximum Gasteiger partial charge on any atom is 0.327 e. The fraction of sp³-hybridized carbons (Fsp3) is 0.526. The van der Waals surface area contributed by atoms with Gasteiger partial charge in [-0.25, -0.2) is 4.79 Å². The fourth-order valence-electron chi connectivity index (χ4n) is 2.90. The average Bonchev–Trinajstić information content (AvgIpc) is 2.52. The van der Waals surface area contributed by atoms with Gasteiger partial charge in [-0.1, -0.05) is 42.8 Å². The highest BCUT2D eigenvalue weighted by Gasteiger charge is 2.36. The van der Waals surface area contributed by atoms with Crippen molar-refractivity contribution in [3.05, 3.63) is 48.0 Å². The number of carboxylic acids is 1. The van der Waals surface area contributed by atoms with Crippen molar-refractivity contribution in [2.24, 2.45) is 5.92 Å². The Bertz CT molecular complexity index is 521. The Hall–Kier alpha value is -1.65. The van der Waals surface area contributed by atoms with E-state index in [0.29, 0.717) is 12.5 Å². The summed E-state index contributed by atoms with van der Waals surface area (Å²) >= 11 is 0. The molecule has 0 bridgehead atoms. The number of carbonyl (C=O) groups is 1. The van der Waals surface area contributed by atoms with Crippen LogP contribution in [0.25, 0.3) is 0 Å². The summed E-state index contributed by atoms with van der Waals surface area (Å²) in [6, 6.07) is 10.3. The monoisotopic (exact) mass is 318 g/mol. The number of ether oxygens (including phenoxy) is 2. The summed E-state index contributed by atoms with van der Waals surface area (Å²) < 4.78 is 12.0. The van der Waals surface area contributed by atoms with Crippen LogP contribution in [0.2, 0.25) is 0 Å². The lowest BCUT2D eigenvalue weighted by Gasteiger charge is -2.41. The average molecular weight is 318 g/mol. The van der Waals surface area contributed by atoms with Crippen LogP contribution in [0.15, 0.2) is 42.5 Å². The molecule has 1 fully saturated rings. The molecule has 0 spiro atoms. The minimum Gasteiger partial charge on any atom is -0.478 e. The molecule has 0 aliphatic carbocycles. The van der Waals surface area contributed by atoms with Crippen molar-refractivity contribution in [2.75, 3.05) is 6.61 Å². The van der Waals surface area contributed by atoms with Gasteiger partial charge >= 0.3 is 5.97 Å². The molecule has 0 amide bonds. The van der Waals surface area contributed by atoms with Crippen LogP contribution in [0, 0.1) is 5.92 Å². The van der Waals surface area contributed by atoms with E-state index in [1.165, 1.54) is 11.6 Å². The van der Waals surface area contributed by atoms with Crippen molar-refractivity contribution in [1.82, 2.24) is 0 Å². The van der Waals surface area contributed by atoms with Gasteiger partial charge in [0.05, 0.1) is 12.7 Å². The summed E-state index contributed by atoms with van der Waals surface area (Å²) in [4.78, 5) is 10.4. The van der Waals surface area contributed by atoms with Gasteiger partial charge in [-0.2, -0.15) is 0 Å². The summed E-state index contributed by atoms with van der Waals surface area (Å²) in [5, 5.41) is 8.56. The van der Waals surface area contributed by atoms with Gasteiger partial charge in [-0.3, -0.25) is 0 Å². The van der Waals surface area contributed by atoms with E-state index in [1.807, 2.05) is 32.0 Å². The van der Waals surface area contributed by atoms with Crippen molar-refractivity contribution in [3.8, 4) is 0 Å². The summed E-state index contributed by atoms with van der Waals surface area (Å²) in [6.07, 6.45) is 6.79. The standard InChI is InChI=1S/C19H26O4/c1-19(2)22-14-16(12-6-3-4-9-13-17(20)21)18(23-19)15-10-7-5-8-11-15/h5,7-11,13,16,18H,3-4,6,12,14H2,1-2H3,(H,20,21)/t16-,18-/m1/s1. The van der Waals surface area contributed by atoms with Gasteiger partial charge in [-0.05, 0) is 38.7 Å². The largest absolute Gasteiger partial charge is 0.478 e. The second kappa shape index (κ2) is 8.27. The van der Waals surface area contributed by atoms with Gasteiger partial charge < -0.3 is 14.6 Å². The second-order valence-electron chi connectivity index (χ2n) is 6.45. The van der Waals surface area contributed by atoms with Crippen LogP contribution < -0.4 is 0 Å². The smallest absolute Gasteiger partial charge is 0.327 e. The van der Waals surface area contributed by atoms with E-state index in [9.17, 15) is 4.79 Å². The van der Waals surface area contributed by atoms with E-state index >= 15 is 0 Å². The molecule has 4 nitrogen and oxygen atoms in total. The summed E-state index contributed by atoms with van der Waals surface area (Å²) in [5.74, 6) is -1.11. The van der Waals surface area contributed by atoms with Gasteiger partial charge in [0.2, 0.25) is 0 Å². The molecule has 0 saturated carbocycles. The maximum absolute atomic E-state index is 10.4. The SMILES string of the molecule is CC1(C)OC[C@@H](CCCCC=CC(=O)O)[C@@H](c2ccccc2)O1. The van der Waals surface area contributed by atoms with E-state index in [2.05, 4.69) is 12.1 Å². The zero-order valence-corrected chi connectivity index (χ0v) is 13.9. The Balaban J connectivity index is 1.89. The zero-order chi connectivity index (χ0) is 16.7. The molecular weight excluding hydrogens is 292 g/mol. The molecule has 0 aromatic heterocycles. The Morgan fingerprint density at radius 1 is 1.30 bits per heavy atom. The summed E-state index contributed by atoms with van der Waals surface area (Å²) in [7, 11) is 0. The first kappa shape index (κ1) is 17.7. The number of rotatable bonds is 7. The topological polar surface area (TPSA) is 55.8 Å². The molecule has 2 rings (SSSR count). The molecule has 4 heteroatoms. The Morgan fingerprint density at radius 3 is 2.74 bits per heavy atom. The molecule has 1 aromatic carbocycles. The van der Waals surface area contributed by atoms with Gasteiger partial charge in [-0.15, -0.1) is 0 Å². The number of hydrogen-bond acceptors (Lipinski definition) is 3. The van der Waals surface area contributed by atoms with Crippen molar-refractivity contribution in [2.45, 2.75) is 51.4 Å². The third-order valence-corrected chi connectivity index (χ3v) is 4.07. The van der Waals surface area contributed by atoms with Crippen molar-refractivity contribution in [3.63, 3.8) is 0 Å². The molecule has 1 N–H and O–H groups in total. The third-order valence-electron chi connectivity index (χ3n) is 4.07. The highest BCUT2D eigenvalue weighted by molar-refractivity contribution is 5.79. The van der Waals surface area contributed by atoms with E-state index in [4.69, 9.17) is 14.6 Å². The predicted molar refractivity (Wildman–Crippen MR) is 89.0 cm³/mol. The van der Waals surface area contributed by atoms with Crippen LogP contribution in [-0.2, 0) is 14.3 Å². The van der Waals surface area contributed by atoms with Crippen molar-refractivity contribution < 1.29 is 19.4 Å². The number of carboxylic acid groups (broad SMARTS) is 1. The number of aliphatic carboxylic acids is 1. The van der Waals surface area contributed by atoms with E-state index < -0.39 is 11.8 Å². The van der Waals surface area contributed by atoms with Crippen molar-refractivity contribution >= 4 is 5.97 Å². The fourth-order valence-corrected chi connectivity index (χ4v) is 2.90. The lowest BCUT2D eigenvalue weighted by Crippen LogP contribution is -2.41. The number of allylic oxidation sites excluding steroid dienone is 1.